The van der Waals surface area contributed by atoms with Gasteiger partial charge in [0.05, 0.1) is 12.0 Å². The molecule has 0 spiro atoms. The van der Waals surface area contributed by atoms with Crippen molar-refractivity contribution in [1.29, 1.82) is 0 Å². The minimum Gasteiger partial charge on any atom is -0.302 e. The number of hydrogen-bond donors (Lipinski definition) is 1. The van der Waals surface area contributed by atoms with Gasteiger partial charge >= 0.3 is 7.82 Å². The van der Waals surface area contributed by atoms with Gasteiger partial charge in [0.15, 0.2) is 5.56 Å². The molecule has 0 saturated heterocycles. The molecule has 0 amide bonds. The summed E-state index contributed by atoms with van der Waals surface area (Å²) in [5.41, 5.74) is -1.08. The van der Waals surface area contributed by atoms with E-state index in [1.165, 1.54) is 6.92 Å². The third-order valence-electron chi connectivity index (χ3n) is 1.08. The van der Waals surface area contributed by atoms with E-state index in [9.17, 15) is 9.46 Å². The average Bonchev–Trinajstić information content (AvgIpc) is 1.99. The van der Waals surface area contributed by atoms with Crippen molar-refractivity contribution in [2.45, 2.75) is 28.0 Å². The molecule has 0 aliphatic rings. The van der Waals surface area contributed by atoms with Crippen molar-refractivity contribution in [3.8, 4) is 0 Å². The van der Waals surface area contributed by atoms with Crippen LogP contribution in [0.4, 0.5) is 0 Å². The minimum absolute atomic E-state index is 0.0684. The van der Waals surface area contributed by atoms with E-state index in [4.69, 9.17) is 23.2 Å². The number of halogens is 4. The van der Waals surface area contributed by atoms with Gasteiger partial charge in [0.1, 0.15) is 3.23 Å². The fourth-order valence-corrected chi connectivity index (χ4v) is 2.36. The maximum atomic E-state index is 11.3. The van der Waals surface area contributed by atoms with Crippen LogP contribution in [0.1, 0.15) is 13.8 Å². The van der Waals surface area contributed by atoms with Crippen molar-refractivity contribution < 1.29 is 18.5 Å². The molecule has 92 valence electrons. The molecule has 4 nitrogen and oxygen atoms in total. The fraction of sp³-hybridized carbons (Fsp3) is 1.00. The highest BCUT2D eigenvalue weighted by molar-refractivity contribution is 9.25. The summed E-state index contributed by atoms with van der Waals surface area (Å²) in [6.45, 7) is 3.18. The third-order valence-corrected chi connectivity index (χ3v) is 3.43. The molecule has 0 bridgehead atoms. The van der Waals surface area contributed by atoms with Crippen LogP contribution < -0.4 is 0 Å². The van der Waals surface area contributed by atoms with Gasteiger partial charge < -0.3 is 4.89 Å². The second-order valence-electron chi connectivity index (χ2n) is 2.95. The van der Waals surface area contributed by atoms with Gasteiger partial charge in [0.25, 0.3) is 0 Å². The van der Waals surface area contributed by atoms with Crippen LogP contribution in [0.15, 0.2) is 0 Å². The zero-order valence-electron chi connectivity index (χ0n) is 7.99. The summed E-state index contributed by atoms with van der Waals surface area (Å²) in [6.07, 6.45) is 0. The van der Waals surface area contributed by atoms with Crippen molar-refractivity contribution in [3.63, 3.8) is 0 Å². The second-order valence-corrected chi connectivity index (χ2v) is 10.0. The normalized spacial score (nSPS) is 20.7. The largest absolute Gasteiger partial charge is 0.473 e. The van der Waals surface area contributed by atoms with Crippen LogP contribution in [0.25, 0.3) is 0 Å². The SMILES string of the molecule is CC(Cl)C(Cl)OP(=O)(O)OCC(C)(Br)Br. The molecule has 15 heavy (non-hydrogen) atoms. The van der Waals surface area contributed by atoms with Gasteiger partial charge in [-0.2, -0.15) is 0 Å². The molecule has 1 N–H and O–H groups in total. The van der Waals surface area contributed by atoms with Gasteiger partial charge in [-0.25, -0.2) is 4.57 Å². The quantitative estimate of drug-likeness (QED) is 0.536. The lowest BCUT2D eigenvalue weighted by molar-refractivity contribution is 0.136. The first-order chi connectivity index (χ1) is 6.53. The molecule has 0 saturated carbocycles. The molecule has 0 fully saturated rings. The number of phosphoric acid groups is 1. The van der Waals surface area contributed by atoms with Crippen LogP contribution in [0, 0.1) is 0 Å². The Bertz CT molecular complexity index is 246. The fourth-order valence-electron chi connectivity index (χ4n) is 0.436. The summed E-state index contributed by atoms with van der Waals surface area (Å²) in [7, 11) is -4.18. The van der Waals surface area contributed by atoms with E-state index in [0.29, 0.717) is 0 Å². The average molecular weight is 409 g/mol. The van der Waals surface area contributed by atoms with E-state index in [1.807, 2.05) is 0 Å². The van der Waals surface area contributed by atoms with Crippen LogP contribution in [0.2, 0.25) is 0 Å². The van der Waals surface area contributed by atoms with E-state index >= 15 is 0 Å². The highest BCUT2D eigenvalue weighted by atomic mass is 79.9. The second kappa shape index (κ2) is 6.55. The molecule has 0 heterocycles. The van der Waals surface area contributed by atoms with Gasteiger partial charge in [0, 0.05) is 0 Å². The first-order valence-electron chi connectivity index (χ1n) is 3.85. The van der Waals surface area contributed by atoms with Gasteiger partial charge in [-0.1, -0.05) is 43.5 Å². The monoisotopic (exact) mass is 406 g/mol. The van der Waals surface area contributed by atoms with Crippen LogP contribution in [0.3, 0.4) is 0 Å². The number of phosphoric ester groups is 1. The zero-order valence-corrected chi connectivity index (χ0v) is 13.6. The lowest BCUT2D eigenvalue weighted by Gasteiger charge is -2.20. The van der Waals surface area contributed by atoms with E-state index in [2.05, 4.69) is 40.9 Å². The molecule has 0 radical (unpaired) electrons. The first-order valence-corrected chi connectivity index (χ1v) is 7.81. The van der Waals surface area contributed by atoms with Crippen molar-refractivity contribution in [1.82, 2.24) is 0 Å². The lowest BCUT2D eigenvalue weighted by Crippen LogP contribution is -2.18. The third kappa shape index (κ3) is 9.36. The molecule has 3 unspecified atom stereocenters. The molecule has 9 heteroatoms. The molecule has 0 rings (SSSR count). The Kier molecular flexibility index (Phi) is 7.27. The van der Waals surface area contributed by atoms with E-state index < -0.39 is 22.0 Å². The zero-order chi connectivity index (χ0) is 12.3. The minimum atomic E-state index is -4.18. The van der Waals surface area contributed by atoms with Gasteiger partial charge in [0.2, 0.25) is 0 Å². The Labute approximate surface area is 115 Å². The van der Waals surface area contributed by atoms with Gasteiger partial charge in [-0.15, -0.1) is 11.6 Å². The Balaban J connectivity index is 4.14. The molecular weight excluding hydrogens is 398 g/mol. The van der Waals surface area contributed by atoms with Crippen molar-refractivity contribution in [2.75, 3.05) is 6.61 Å². The molecule has 0 aromatic carbocycles. The summed E-state index contributed by atoms with van der Waals surface area (Å²) in [4.78, 5) is 9.22. The van der Waals surface area contributed by atoms with Crippen LogP contribution in [-0.2, 0) is 13.6 Å². The summed E-state index contributed by atoms with van der Waals surface area (Å²) < 4.78 is 19.9. The van der Waals surface area contributed by atoms with Crippen molar-refractivity contribution in [2.24, 2.45) is 0 Å². The summed E-state index contributed by atoms with van der Waals surface area (Å²) in [6, 6.07) is 0. The Morgan fingerprint density at radius 1 is 1.53 bits per heavy atom. The molecular formula is C6H11Br2Cl2O4P. The number of alkyl halides is 4. The molecule has 0 aliphatic heterocycles. The molecule has 3 atom stereocenters. The van der Waals surface area contributed by atoms with Gasteiger partial charge in [-0.3, -0.25) is 9.05 Å². The lowest BCUT2D eigenvalue weighted by atomic mass is 10.5. The summed E-state index contributed by atoms with van der Waals surface area (Å²) in [5.74, 6) is 0. The first kappa shape index (κ1) is 16.6. The Morgan fingerprint density at radius 3 is 2.33 bits per heavy atom. The molecule has 0 aromatic heterocycles. The summed E-state index contributed by atoms with van der Waals surface area (Å²) in [5, 5.41) is -0.602. The molecule has 0 aliphatic carbocycles. The summed E-state index contributed by atoms with van der Waals surface area (Å²) >= 11 is 17.5. The van der Waals surface area contributed by atoms with Gasteiger partial charge in [-0.05, 0) is 13.8 Å². The smallest absolute Gasteiger partial charge is 0.302 e. The van der Waals surface area contributed by atoms with Crippen molar-refractivity contribution in [3.05, 3.63) is 0 Å². The standard InChI is InChI=1S/C6H11Br2Cl2O4P/c1-4(9)5(10)14-15(11,12)13-3-6(2,7)8/h4-5H,3H2,1-2H3,(H,11,12). The number of rotatable bonds is 6. The predicted octanol–water partition coefficient (Wildman–Crippen LogP) is 3.82. The van der Waals surface area contributed by atoms with Crippen LogP contribution >= 0.6 is 62.9 Å². The topological polar surface area (TPSA) is 55.8 Å². The van der Waals surface area contributed by atoms with E-state index in [1.54, 1.807) is 6.92 Å². The maximum Gasteiger partial charge on any atom is 0.473 e. The van der Waals surface area contributed by atoms with Crippen LogP contribution in [0.5, 0.6) is 0 Å². The highest BCUT2D eigenvalue weighted by Crippen LogP contribution is 2.47. The van der Waals surface area contributed by atoms with E-state index in [0.717, 1.165) is 0 Å². The van der Waals surface area contributed by atoms with Crippen molar-refractivity contribution >= 4 is 62.9 Å². The van der Waals surface area contributed by atoms with E-state index in [-0.39, 0.29) is 6.61 Å². The molecule has 0 aromatic rings. The maximum absolute atomic E-state index is 11.3. The predicted molar refractivity (Wildman–Crippen MR) is 68.1 cm³/mol. The highest BCUT2D eigenvalue weighted by Gasteiger charge is 2.30. The Morgan fingerprint density at radius 2 is 2.00 bits per heavy atom. The number of hydrogen-bond acceptors (Lipinski definition) is 3. The van der Waals surface area contributed by atoms with Crippen LogP contribution in [-0.4, -0.2) is 25.7 Å². The Hall–Kier alpha value is 1.65.